The van der Waals surface area contributed by atoms with E-state index in [-0.39, 0.29) is 18.0 Å². The van der Waals surface area contributed by atoms with E-state index >= 15 is 0 Å². The topological polar surface area (TPSA) is 87.5 Å². The smallest absolute Gasteiger partial charge is 0.322 e. The summed E-state index contributed by atoms with van der Waals surface area (Å²) in [7, 11) is 0. The summed E-state index contributed by atoms with van der Waals surface area (Å²) in [5, 5.41) is 5.99. The van der Waals surface area contributed by atoms with Crippen molar-refractivity contribution in [1.29, 1.82) is 0 Å². The van der Waals surface area contributed by atoms with Gasteiger partial charge in [-0.15, -0.1) is 0 Å². The summed E-state index contributed by atoms with van der Waals surface area (Å²) in [6.07, 6.45) is 3.84. The van der Waals surface area contributed by atoms with Gasteiger partial charge in [0.15, 0.2) is 0 Å². The summed E-state index contributed by atoms with van der Waals surface area (Å²) in [6, 6.07) is 4.80. The molecule has 1 saturated heterocycles. The van der Waals surface area contributed by atoms with Crippen molar-refractivity contribution in [2.45, 2.75) is 38.6 Å². The van der Waals surface area contributed by atoms with Crippen LogP contribution in [-0.4, -0.2) is 42.5 Å². The normalized spacial score (nSPS) is 17.5. The van der Waals surface area contributed by atoms with Crippen LogP contribution >= 0.6 is 11.6 Å². The maximum Gasteiger partial charge on any atom is 0.322 e. The Morgan fingerprint density at radius 3 is 2.88 bits per heavy atom. The number of piperidine rings is 1. The van der Waals surface area contributed by atoms with E-state index in [1.165, 1.54) is 0 Å². The minimum atomic E-state index is -0.240. The minimum Gasteiger partial charge on any atom is -0.352 e. The molecule has 1 heterocycles. The molecule has 1 atom stereocenters. The van der Waals surface area contributed by atoms with Gasteiger partial charge in [0, 0.05) is 31.4 Å². The molecule has 1 unspecified atom stereocenters. The summed E-state index contributed by atoms with van der Waals surface area (Å²) in [5.74, 6) is -0.240. The van der Waals surface area contributed by atoms with Crippen molar-refractivity contribution in [2.75, 3.05) is 25.0 Å². The van der Waals surface area contributed by atoms with E-state index in [1.807, 2.05) is 6.92 Å². The van der Waals surface area contributed by atoms with Crippen LogP contribution in [0.1, 0.15) is 43.0 Å². The van der Waals surface area contributed by atoms with Gasteiger partial charge >= 0.3 is 6.03 Å². The maximum absolute atomic E-state index is 12.5. The first kappa shape index (κ1) is 18.5. The van der Waals surface area contributed by atoms with E-state index in [4.69, 9.17) is 17.3 Å². The largest absolute Gasteiger partial charge is 0.352 e. The van der Waals surface area contributed by atoms with Gasteiger partial charge in [0.2, 0.25) is 0 Å². The second kappa shape index (κ2) is 8.89. The highest BCUT2D eigenvalue weighted by Gasteiger charge is 2.25. The van der Waals surface area contributed by atoms with E-state index in [9.17, 15) is 9.59 Å². The van der Waals surface area contributed by atoms with Crippen LogP contribution in [0.2, 0.25) is 5.02 Å². The molecular weight excluding hydrogens is 328 g/mol. The fourth-order valence-corrected chi connectivity index (χ4v) is 3.02. The van der Waals surface area contributed by atoms with Crippen LogP contribution in [0, 0.1) is 0 Å². The minimum absolute atomic E-state index is 0.0679. The first-order valence-electron chi connectivity index (χ1n) is 8.42. The van der Waals surface area contributed by atoms with E-state index < -0.39 is 0 Å². The summed E-state index contributed by atoms with van der Waals surface area (Å²) in [5.41, 5.74) is 6.67. The molecule has 6 nitrogen and oxygen atoms in total. The zero-order valence-corrected chi connectivity index (χ0v) is 14.7. The summed E-state index contributed by atoms with van der Waals surface area (Å²) in [4.78, 5) is 26.4. The molecule has 132 valence electrons. The van der Waals surface area contributed by atoms with Crippen molar-refractivity contribution in [1.82, 2.24) is 10.2 Å². The number of anilines is 1. The second-order valence-corrected chi connectivity index (χ2v) is 6.37. The molecule has 1 aliphatic rings. The van der Waals surface area contributed by atoms with E-state index in [1.54, 1.807) is 23.1 Å². The lowest BCUT2D eigenvalue weighted by atomic mass is 10.0. The highest BCUT2D eigenvalue weighted by Crippen LogP contribution is 2.22. The number of halogens is 1. The van der Waals surface area contributed by atoms with Crippen LogP contribution in [0.25, 0.3) is 0 Å². The molecular formula is C17H25ClN4O2. The predicted octanol–water partition coefficient (Wildman–Crippen LogP) is 2.82. The third-order valence-electron chi connectivity index (χ3n) is 4.16. The SMILES string of the molecule is CCCNC(=O)c1cc(NC(=O)N2CCCCC2CN)ccc1Cl. The molecule has 3 amide bonds. The lowest BCUT2D eigenvalue weighted by Gasteiger charge is -2.35. The fraction of sp³-hybridized carbons (Fsp3) is 0.529. The first-order chi connectivity index (χ1) is 11.6. The Balaban J connectivity index is 2.09. The Hall–Kier alpha value is -1.79. The highest BCUT2D eigenvalue weighted by molar-refractivity contribution is 6.34. The lowest BCUT2D eigenvalue weighted by Crippen LogP contribution is -2.49. The fourth-order valence-electron chi connectivity index (χ4n) is 2.82. The number of nitrogens with zero attached hydrogens (tertiary/aromatic N) is 1. The number of urea groups is 1. The predicted molar refractivity (Wildman–Crippen MR) is 96.5 cm³/mol. The Morgan fingerprint density at radius 2 is 2.17 bits per heavy atom. The van der Waals surface area contributed by atoms with Crippen LogP contribution < -0.4 is 16.4 Å². The van der Waals surface area contributed by atoms with E-state index in [2.05, 4.69) is 10.6 Å². The van der Waals surface area contributed by atoms with Crippen LogP contribution in [0.5, 0.6) is 0 Å². The van der Waals surface area contributed by atoms with Gasteiger partial charge in [-0.2, -0.15) is 0 Å². The first-order valence-corrected chi connectivity index (χ1v) is 8.80. The number of carbonyl (C=O) groups excluding carboxylic acids is 2. The van der Waals surface area contributed by atoms with Gasteiger partial charge in [-0.25, -0.2) is 4.79 Å². The monoisotopic (exact) mass is 352 g/mol. The number of likely N-dealkylation sites (tertiary alicyclic amines) is 1. The van der Waals surface area contributed by atoms with Gasteiger partial charge in [0.25, 0.3) is 5.91 Å². The van der Waals surface area contributed by atoms with Crippen LogP contribution in [0.4, 0.5) is 10.5 Å². The quantitative estimate of drug-likeness (QED) is 0.761. The molecule has 1 fully saturated rings. The number of benzene rings is 1. The molecule has 0 aromatic heterocycles. The zero-order chi connectivity index (χ0) is 17.5. The lowest BCUT2D eigenvalue weighted by molar-refractivity contribution is 0.0953. The van der Waals surface area contributed by atoms with Gasteiger partial charge in [-0.05, 0) is 43.9 Å². The summed E-state index contributed by atoms with van der Waals surface area (Å²) < 4.78 is 0. The van der Waals surface area contributed by atoms with E-state index in [0.29, 0.717) is 35.9 Å². The second-order valence-electron chi connectivity index (χ2n) is 5.96. The van der Waals surface area contributed by atoms with Gasteiger partial charge in [0.1, 0.15) is 0 Å². The molecule has 7 heteroatoms. The number of nitrogens with one attached hydrogen (secondary N) is 2. The molecule has 1 aliphatic heterocycles. The zero-order valence-electron chi connectivity index (χ0n) is 14.0. The number of rotatable bonds is 5. The van der Waals surface area contributed by atoms with Crippen molar-refractivity contribution in [3.05, 3.63) is 28.8 Å². The van der Waals surface area contributed by atoms with Crippen molar-refractivity contribution in [2.24, 2.45) is 5.73 Å². The number of hydrogen-bond acceptors (Lipinski definition) is 3. The average Bonchev–Trinajstić information content (AvgIpc) is 2.61. The van der Waals surface area contributed by atoms with Gasteiger partial charge in [-0.1, -0.05) is 18.5 Å². The standard InChI is InChI=1S/C17H25ClN4O2/c1-2-8-20-16(23)14-10-12(6-7-15(14)18)21-17(24)22-9-4-3-5-13(22)11-19/h6-7,10,13H,2-5,8-9,11,19H2,1H3,(H,20,23)(H,21,24). The maximum atomic E-state index is 12.5. The van der Waals surface area contributed by atoms with Gasteiger partial charge < -0.3 is 21.3 Å². The van der Waals surface area contributed by atoms with Crippen molar-refractivity contribution in [3.63, 3.8) is 0 Å². The number of carbonyl (C=O) groups is 2. The molecule has 0 bridgehead atoms. The third kappa shape index (κ3) is 4.61. The van der Waals surface area contributed by atoms with Crippen molar-refractivity contribution >= 4 is 29.2 Å². The molecule has 2 rings (SSSR count). The third-order valence-corrected chi connectivity index (χ3v) is 4.49. The molecule has 0 spiro atoms. The van der Waals surface area contributed by atoms with Gasteiger partial charge in [-0.3, -0.25) is 4.79 Å². The molecule has 4 N–H and O–H groups in total. The Bertz CT molecular complexity index is 594. The molecule has 0 saturated carbocycles. The summed E-state index contributed by atoms with van der Waals surface area (Å²) >= 11 is 6.10. The van der Waals surface area contributed by atoms with Crippen LogP contribution in [0.3, 0.4) is 0 Å². The van der Waals surface area contributed by atoms with Gasteiger partial charge in [0.05, 0.1) is 10.6 Å². The summed E-state index contributed by atoms with van der Waals surface area (Å²) in [6.45, 7) is 3.71. The Morgan fingerprint density at radius 1 is 1.38 bits per heavy atom. The van der Waals surface area contributed by atoms with Crippen LogP contribution in [0.15, 0.2) is 18.2 Å². The molecule has 24 heavy (non-hydrogen) atoms. The number of amides is 3. The van der Waals surface area contributed by atoms with E-state index in [0.717, 1.165) is 25.7 Å². The van der Waals surface area contributed by atoms with Crippen molar-refractivity contribution in [3.8, 4) is 0 Å². The van der Waals surface area contributed by atoms with Crippen molar-refractivity contribution < 1.29 is 9.59 Å². The average molecular weight is 353 g/mol. The Kier molecular flexibility index (Phi) is 6.87. The van der Waals surface area contributed by atoms with Crippen LogP contribution in [-0.2, 0) is 0 Å². The molecule has 0 aliphatic carbocycles. The Labute approximate surface area is 147 Å². The molecule has 1 aromatic carbocycles. The highest BCUT2D eigenvalue weighted by atomic mass is 35.5. The molecule has 0 radical (unpaired) electrons. The number of hydrogen-bond donors (Lipinski definition) is 3. The number of nitrogens with two attached hydrogens (primary N) is 1. The molecule has 1 aromatic rings.